The van der Waals surface area contributed by atoms with Crippen LogP contribution in [0.5, 0.6) is 0 Å². The molecule has 1 atom stereocenters. The van der Waals surface area contributed by atoms with E-state index in [0.29, 0.717) is 0 Å². The predicted octanol–water partition coefficient (Wildman–Crippen LogP) is 6.78. The van der Waals surface area contributed by atoms with Gasteiger partial charge in [0.05, 0.1) is 5.52 Å². The highest BCUT2D eigenvalue weighted by Gasteiger charge is 2.16. The maximum absolute atomic E-state index is 3.64. The number of allylic oxidation sites excluding steroid dienone is 1. The summed E-state index contributed by atoms with van der Waals surface area (Å²) in [5.41, 5.74) is 4.93. The molecule has 0 unspecified atom stereocenters. The van der Waals surface area contributed by atoms with Gasteiger partial charge in [0.2, 0.25) is 0 Å². The van der Waals surface area contributed by atoms with Crippen LogP contribution in [-0.2, 0) is 0 Å². The Labute approximate surface area is 156 Å². The minimum Gasteiger partial charge on any atom is -0.360 e. The molecule has 4 rings (SSSR count). The largest absolute Gasteiger partial charge is 0.360 e. The van der Waals surface area contributed by atoms with Crippen LogP contribution >= 0.6 is 15.9 Å². The molecule has 2 heteroatoms. The van der Waals surface area contributed by atoms with Gasteiger partial charge in [-0.05, 0) is 38.7 Å². The molecule has 1 aromatic heterocycles. The van der Waals surface area contributed by atoms with Crippen LogP contribution in [0.3, 0.4) is 0 Å². The average molecular weight is 388 g/mol. The molecule has 0 aliphatic rings. The van der Waals surface area contributed by atoms with Crippen molar-refractivity contribution < 1.29 is 0 Å². The molecule has 25 heavy (non-hydrogen) atoms. The summed E-state index contributed by atoms with van der Waals surface area (Å²) in [4.78, 5) is 3.42. The van der Waals surface area contributed by atoms with Crippen molar-refractivity contribution in [1.82, 2.24) is 4.98 Å². The molecule has 0 aliphatic carbocycles. The van der Waals surface area contributed by atoms with Crippen molar-refractivity contribution >= 4 is 32.9 Å². The van der Waals surface area contributed by atoms with E-state index in [4.69, 9.17) is 0 Å². The molecule has 0 radical (unpaired) electrons. The third kappa shape index (κ3) is 3.31. The quantitative estimate of drug-likeness (QED) is 0.397. The van der Waals surface area contributed by atoms with E-state index in [1.54, 1.807) is 0 Å². The van der Waals surface area contributed by atoms with Crippen LogP contribution in [-0.4, -0.2) is 4.98 Å². The van der Waals surface area contributed by atoms with Gasteiger partial charge in [-0.15, -0.1) is 0 Å². The zero-order chi connectivity index (χ0) is 17.1. The Hall–Kier alpha value is -2.58. The number of nitrogens with one attached hydrogen (secondary N) is 1. The second kappa shape index (κ2) is 7.12. The Kier molecular flexibility index (Phi) is 4.53. The van der Waals surface area contributed by atoms with Gasteiger partial charge in [0.25, 0.3) is 0 Å². The van der Waals surface area contributed by atoms with Crippen LogP contribution < -0.4 is 0 Å². The van der Waals surface area contributed by atoms with E-state index < -0.39 is 0 Å². The molecule has 0 saturated heterocycles. The van der Waals surface area contributed by atoms with Gasteiger partial charge in [-0.25, -0.2) is 0 Å². The number of rotatable bonds is 4. The van der Waals surface area contributed by atoms with Gasteiger partial charge in [-0.1, -0.05) is 84.9 Å². The monoisotopic (exact) mass is 387 g/mol. The molecule has 122 valence electrons. The second-order valence-corrected chi connectivity index (χ2v) is 6.92. The fraction of sp³-hybridized carbons (Fsp3) is 0.0435. The first kappa shape index (κ1) is 15.9. The first-order valence-corrected chi connectivity index (χ1v) is 9.16. The number of hydrogen-bond acceptors (Lipinski definition) is 0. The lowest BCUT2D eigenvalue weighted by molar-refractivity contribution is 1.04. The van der Waals surface area contributed by atoms with Crippen molar-refractivity contribution in [3.8, 4) is 0 Å². The Bertz CT molecular complexity index is 1000. The molecule has 1 heterocycles. The van der Waals surface area contributed by atoms with Gasteiger partial charge in [-0.2, -0.15) is 0 Å². The lowest BCUT2D eigenvalue weighted by atomic mass is 9.90. The Morgan fingerprint density at radius 3 is 2.28 bits per heavy atom. The molecule has 0 aliphatic heterocycles. The van der Waals surface area contributed by atoms with Crippen LogP contribution in [0.15, 0.2) is 95.6 Å². The number of fused-ring (bicyclic) bond motifs is 1. The summed E-state index contributed by atoms with van der Waals surface area (Å²) in [6, 6.07) is 27.4. The molecule has 0 spiro atoms. The normalized spacial score (nSPS) is 12.7. The molecule has 0 amide bonds. The molecular formula is C23H18BrN. The van der Waals surface area contributed by atoms with E-state index in [1.807, 2.05) is 6.07 Å². The molecular weight excluding hydrogens is 370 g/mol. The molecule has 4 aromatic rings. The lowest BCUT2D eigenvalue weighted by Crippen LogP contribution is -1.96. The Morgan fingerprint density at radius 1 is 0.800 bits per heavy atom. The van der Waals surface area contributed by atoms with E-state index in [2.05, 4.69) is 112 Å². The van der Waals surface area contributed by atoms with Crippen LogP contribution in [0.4, 0.5) is 0 Å². The summed E-state index contributed by atoms with van der Waals surface area (Å²) in [6.45, 7) is 0. The van der Waals surface area contributed by atoms with Gasteiger partial charge in [0.15, 0.2) is 0 Å². The highest BCUT2D eigenvalue weighted by molar-refractivity contribution is 9.10. The number of aromatic amines is 1. The third-order valence-electron chi connectivity index (χ3n) is 4.47. The third-order valence-corrected chi connectivity index (χ3v) is 5.13. The number of aromatic nitrogens is 1. The van der Waals surface area contributed by atoms with Gasteiger partial charge >= 0.3 is 0 Å². The number of H-pyrrole nitrogens is 1. The summed E-state index contributed by atoms with van der Waals surface area (Å²) in [6.07, 6.45) is 6.62. The van der Waals surface area contributed by atoms with Crippen molar-refractivity contribution in [2.24, 2.45) is 0 Å². The highest BCUT2D eigenvalue weighted by atomic mass is 79.9. The van der Waals surface area contributed by atoms with Gasteiger partial charge in [0.1, 0.15) is 0 Å². The zero-order valence-electron chi connectivity index (χ0n) is 13.7. The number of para-hydroxylation sites is 1. The van der Waals surface area contributed by atoms with Gasteiger partial charge < -0.3 is 4.98 Å². The van der Waals surface area contributed by atoms with Crippen LogP contribution in [0, 0.1) is 0 Å². The SMILES string of the molecule is Brc1cccc2c([C@@H](/C=C/c3ccccc3)c3ccccc3)c[nH]c12. The fourth-order valence-electron chi connectivity index (χ4n) is 3.22. The fourth-order valence-corrected chi connectivity index (χ4v) is 3.70. The molecule has 3 aromatic carbocycles. The van der Waals surface area contributed by atoms with Crippen LogP contribution in [0.2, 0.25) is 0 Å². The van der Waals surface area contributed by atoms with Crippen molar-refractivity contribution in [3.05, 3.63) is 112 Å². The smallest absolute Gasteiger partial charge is 0.0601 e. The zero-order valence-corrected chi connectivity index (χ0v) is 15.3. The van der Waals surface area contributed by atoms with Crippen molar-refractivity contribution in [3.63, 3.8) is 0 Å². The average Bonchev–Trinajstić information content (AvgIpc) is 3.09. The Balaban J connectivity index is 1.83. The molecule has 1 nitrogen and oxygen atoms in total. The van der Waals surface area contributed by atoms with Crippen molar-refractivity contribution in [1.29, 1.82) is 0 Å². The second-order valence-electron chi connectivity index (χ2n) is 6.06. The summed E-state index contributed by atoms with van der Waals surface area (Å²) in [5.74, 6) is 0.199. The number of hydrogen-bond donors (Lipinski definition) is 1. The highest BCUT2D eigenvalue weighted by Crippen LogP contribution is 2.34. The summed E-state index contributed by atoms with van der Waals surface area (Å²) in [7, 11) is 0. The molecule has 1 N–H and O–H groups in total. The summed E-state index contributed by atoms with van der Waals surface area (Å²) >= 11 is 3.64. The van der Waals surface area contributed by atoms with E-state index in [-0.39, 0.29) is 5.92 Å². The summed E-state index contributed by atoms with van der Waals surface area (Å²) < 4.78 is 1.09. The van der Waals surface area contributed by atoms with Gasteiger partial charge in [-0.3, -0.25) is 0 Å². The van der Waals surface area contributed by atoms with E-state index in [1.165, 1.54) is 22.1 Å². The van der Waals surface area contributed by atoms with E-state index in [0.717, 1.165) is 9.99 Å². The van der Waals surface area contributed by atoms with Crippen molar-refractivity contribution in [2.75, 3.05) is 0 Å². The first-order chi connectivity index (χ1) is 12.3. The predicted molar refractivity (Wildman–Crippen MR) is 110 cm³/mol. The van der Waals surface area contributed by atoms with Crippen LogP contribution in [0.25, 0.3) is 17.0 Å². The number of benzene rings is 3. The maximum Gasteiger partial charge on any atom is 0.0601 e. The molecule has 0 saturated carbocycles. The minimum absolute atomic E-state index is 0.199. The Morgan fingerprint density at radius 2 is 1.52 bits per heavy atom. The lowest BCUT2D eigenvalue weighted by Gasteiger charge is -2.13. The standard InChI is InChI=1S/C23H18BrN/c24-22-13-7-12-20-21(16-25-23(20)22)19(18-10-5-2-6-11-18)15-14-17-8-3-1-4-9-17/h1-16,19,25H/b15-14+/t19-/m0/s1. The molecule has 0 bridgehead atoms. The van der Waals surface area contributed by atoms with E-state index >= 15 is 0 Å². The van der Waals surface area contributed by atoms with Crippen LogP contribution in [0.1, 0.15) is 22.6 Å². The van der Waals surface area contributed by atoms with Gasteiger partial charge in [0, 0.05) is 22.0 Å². The number of halogens is 1. The first-order valence-electron chi connectivity index (χ1n) is 8.36. The maximum atomic E-state index is 3.64. The van der Waals surface area contributed by atoms with Crippen molar-refractivity contribution in [2.45, 2.75) is 5.92 Å². The minimum atomic E-state index is 0.199. The summed E-state index contributed by atoms with van der Waals surface area (Å²) in [5, 5.41) is 1.25. The topological polar surface area (TPSA) is 15.8 Å². The van der Waals surface area contributed by atoms with E-state index in [9.17, 15) is 0 Å². The molecule has 0 fully saturated rings.